The van der Waals surface area contributed by atoms with Crippen LogP contribution in [0, 0.1) is 0 Å². The first-order chi connectivity index (χ1) is 13.8. The smallest absolute Gasteiger partial charge is 0.237 e. The summed E-state index contributed by atoms with van der Waals surface area (Å²) in [5, 5.41) is 5.39. The Balaban J connectivity index is 1.33. The second-order valence-corrected chi connectivity index (χ2v) is 8.28. The SMILES string of the molecule is O=C(CSc1nc(C2CC2)n(-c2ccccc2)n1)N1CCCc2ccccc21. The van der Waals surface area contributed by atoms with Gasteiger partial charge >= 0.3 is 0 Å². The minimum absolute atomic E-state index is 0.126. The van der Waals surface area contributed by atoms with Crippen molar-refractivity contribution in [2.75, 3.05) is 17.2 Å². The molecule has 142 valence electrons. The van der Waals surface area contributed by atoms with Gasteiger partial charge < -0.3 is 4.90 Å². The molecule has 0 saturated heterocycles. The molecule has 1 saturated carbocycles. The molecule has 6 heteroatoms. The number of nitrogens with zero attached hydrogens (tertiary/aromatic N) is 4. The number of aromatic nitrogens is 3. The van der Waals surface area contributed by atoms with Crippen LogP contribution in [0.2, 0.25) is 0 Å². The molecular weight excluding hydrogens is 368 g/mol. The fraction of sp³-hybridized carbons (Fsp3) is 0.318. The van der Waals surface area contributed by atoms with Crippen LogP contribution >= 0.6 is 11.8 Å². The lowest BCUT2D eigenvalue weighted by Crippen LogP contribution is -2.36. The third-order valence-electron chi connectivity index (χ3n) is 5.29. The molecule has 1 aliphatic carbocycles. The Morgan fingerprint density at radius 1 is 1.07 bits per heavy atom. The van der Waals surface area contributed by atoms with Gasteiger partial charge in [-0.05, 0) is 49.4 Å². The molecule has 1 fully saturated rings. The van der Waals surface area contributed by atoms with Gasteiger partial charge in [-0.1, -0.05) is 48.2 Å². The van der Waals surface area contributed by atoms with E-state index < -0.39 is 0 Å². The highest BCUT2D eigenvalue weighted by molar-refractivity contribution is 7.99. The second kappa shape index (κ2) is 7.43. The standard InChI is InChI=1S/C22H22N4OS/c27-20(25-14-6-8-16-7-4-5-11-19(16)25)15-28-22-23-21(17-12-13-17)26(24-22)18-9-2-1-3-10-18/h1-5,7,9-11,17H,6,8,12-15H2. The Labute approximate surface area is 168 Å². The van der Waals surface area contributed by atoms with Crippen molar-refractivity contribution in [2.45, 2.75) is 36.8 Å². The maximum Gasteiger partial charge on any atom is 0.237 e. The number of anilines is 1. The van der Waals surface area contributed by atoms with E-state index in [2.05, 4.69) is 6.07 Å². The van der Waals surface area contributed by atoms with Crippen LogP contribution in [0.5, 0.6) is 0 Å². The van der Waals surface area contributed by atoms with Crippen molar-refractivity contribution in [1.29, 1.82) is 0 Å². The zero-order valence-electron chi connectivity index (χ0n) is 15.6. The summed E-state index contributed by atoms with van der Waals surface area (Å²) >= 11 is 1.44. The van der Waals surface area contributed by atoms with Crippen LogP contribution in [0.25, 0.3) is 5.69 Å². The molecule has 3 aromatic rings. The van der Waals surface area contributed by atoms with Gasteiger partial charge in [-0.25, -0.2) is 9.67 Å². The molecule has 2 aliphatic rings. The Morgan fingerprint density at radius 2 is 1.86 bits per heavy atom. The first-order valence-corrected chi connectivity index (χ1v) is 10.8. The second-order valence-electron chi connectivity index (χ2n) is 7.34. The van der Waals surface area contributed by atoms with Crippen molar-refractivity contribution >= 4 is 23.4 Å². The lowest BCUT2D eigenvalue weighted by atomic mass is 10.0. The van der Waals surface area contributed by atoms with Gasteiger partial charge in [0.05, 0.1) is 11.4 Å². The normalized spacial score (nSPS) is 16.1. The van der Waals surface area contributed by atoms with Gasteiger partial charge in [0.2, 0.25) is 11.1 Å². The number of aryl methyl sites for hydroxylation is 1. The summed E-state index contributed by atoms with van der Waals surface area (Å²) in [6.45, 7) is 0.787. The number of para-hydroxylation sites is 2. The minimum atomic E-state index is 0.126. The Kier molecular flexibility index (Phi) is 4.64. The predicted molar refractivity (Wildman–Crippen MR) is 111 cm³/mol. The monoisotopic (exact) mass is 390 g/mol. The number of carbonyl (C=O) groups excluding carboxylic acids is 1. The van der Waals surface area contributed by atoms with E-state index in [0.29, 0.717) is 16.8 Å². The fourth-order valence-corrected chi connectivity index (χ4v) is 4.43. The van der Waals surface area contributed by atoms with Crippen molar-refractivity contribution in [2.24, 2.45) is 0 Å². The van der Waals surface area contributed by atoms with Gasteiger partial charge in [0, 0.05) is 18.2 Å². The number of fused-ring (bicyclic) bond motifs is 1. The topological polar surface area (TPSA) is 51.0 Å². The Bertz CT molecular complexity index is 997. The van der Waals surface area contributed by atoms with Crippen LogP contribution in [-0.4, -0.2) is 33.0 Å². The van der Waals surface area contributed by atoms with E-state index in [9.17, 15) is 4.79 Å². The van der Waals surface area contributed by atoms with Crippen molar-refractivity contribution in [3.63, 3.8) is 0 Å². The summed E-state index contributed by atoms with van der Waals surface area (Å²) in [6.07, 6.45) is 4.39. The summed E-state index contributed by atoms with van der Waals surface area (Å²) in [5.41, 5.74) is 3.34. The third-order valence-corrected chi connectivity index (χ3v) is 6.11. The molecule has 5 nitrogen and oxygen atoms in total. The molecular formula is C22H22N4OS. The highest BCUT2D eigenvalue weighted by atomic mass is 32.2. The molecule has 0 N–H and O–H groups in total. The number of amides is 1. The van der Waals surface area contributed by atoms with Gasteiger partial charge in [0.1, 0.15) is 5.82 Å². The number of rotatable bonds is 5. The summed E-state index contributed by atoms with van der Waals surface area (Å²) < 4.78 is 1.95. The van der Waals surface area contributed by atoms with E-state index in [4.69, 9.17) is 10.1 Å². The number of benzene rings is 2. The average Bonchev–Trinajstić information content (AvgIpc) is 3.51. The van der Waals surface area contributed by atoms with E-state index in [1.807, 2.05) is 58.1 Å². The van der Waals surface area contributed by atoms with E-state index in [0.717, 1.165) is 36.6 Å². The van der Waals surface area contributed by atoms with Crippen LogP contribution in [0.15, 0.2) is 59.8 Å². The van der Waals surface area contributed by atoms with Crippen molar-refractivity contribution in [1.82, 2.24) is 14.8 Å². The van der Waals surface area contributed by atoms with Gasteiger partial charge in [0.15, 0.2) is 0 Å². The van der Waals surface area contributed by atoms with Crippen LogP contribution in [0.3, 0.4) is 0 Å². The van der Waals surface area contributed by atoms with Gasteiger partial charge in [-0.2, -0.15) is 0 Å². The maximum atomic E-state index is 12.9. The minimum Gasteiger partial charge on any atom is -0.311 e. The van der Waals surface area contributed by atoms with Crippen LogP contribution in [-0.2, 0) is 11.2 Å². The molecule has 0 radical (unpaired) electrons. The van der Waals surface area contributed by atoms with Gasteiger partial charge in [-0.3, -0.25) is 4.79 Å². The average molecular weight is 391 g/mol. The van der Waals surface area contributed by atoms with Crippen molar-refractivity contribution in [3.8, 4) is 5.69 Å². The number of hydrogen-bond acceptors (Lipinski definition) is 4. The number of carbonyl (C=O) groups is 1. The van der Waals surface area contributed by atoms with Crippen LogP contribution in [0.4, 0.5) is 5.69 Å². The molecule has 2 heterocycles. The van der Waals surface area contributed by atoms with Crippen LogP contribution < -0.4 is 4.90 Å². The van der Waals surface area contributed by atoms with Crippen molar-refractivity contribution < 1.29 is 4.79 Å². The van der Waals surface area contributed by atoms with E-state index >= 15 is 0 Å². The summed E-state index contributed by atoms with van der Waals surface area (Å²) in [4.78, 5) is 19.6. The van der Waals surface area contributed by atoms with Crippen molar-refractivity contribution in [3.05, 3.63) is 66.0 Å². The maximum absolute atomic E-state index is 12.9. The predicted octanol–water partition coefficient (Wildman–Crippen LogP) is 4.22. The van der Waals surface area contributed by atoms with E-state index in [-0.39, 0.29) is 5.91 Å². The third kappa shape index (κ3) is 3.44. The zero-order chi connectivity index (χ0) is 18.9. The first-order valence-electron chi connectivity index (χ1n) is 9.83. The fourth-order valence-electron chi connectivity index (χ4n) is 3.73. The highest BCUT2D eigenvalue weighted by Crippen LogP contribution is 2.40. The van der Waals surface area contributed by atoms with E-state index in [1.54, 1.807) is 0 Å². The molecule has 5 rings (SSSR count). The Hall–Kier alpha value is -2.60. The lowest BCUT2D eigenvalue weighted by Gasteiger charge is -2.29. The molecule has 0 atom stereocenters. The molecule has 1 aromatic heterocycles. The summed E-state index contributed by atoms with van der Waals surface area (Å²) in [7, 11) is 0. The summed E-state index contributed by atoms with van der Waals surface area (Å²) in [5.74, 6) is 1.99. The highest BCUT2D eigenvalue weighted by Gasteiger charge is 2.31. The number of hydrogen-bond donors (Lipinski definition) is 0. The molecule has 0 unspecified atom stereocenters. The first kappa shape index (κ1) is 17.5. The number of thioether (sulfide) groups is 1. The van der Waals surface area contributed by atoms with E-state index in [1.165, 1.54) is 30.2 Å². The lowest BCUT2D eigenvalue weighted by molar-refractivity contribution is -0.116. The van der Waals surface area contributed by atoms with Gasteiger partial charge in [-0.15, -0.1) is 5.10 Å². The quantitative estimate of drug-likeness (QED) is 0.612. The zero-order valence-corrected chi connectivity index (χ0v) is 16.4. The molecule has 28 heavy (non-hydrogen) atoms. The van der Waals surface area contributed by atoms with Crippen LogP contribution in [0.1, 0.15) is 36.6 Å². The molecule has 1 aliphatic heterocycles. The molecule has 0 spiro atoms. The molecule has 0 bridgehead atoms. The summed E-state index contributed by atoms with van der Waals surface area (Å²) in [6, 6.07) is 18.3. The Morgan fingerprint density at radius 3 is 2.68 bits per heavy atom. The molecule has 2 aromatic carbocycles. The van der Waals surface area contributed by atoms with Gasteiger partial charge in [0.25, 0.3) is 0 Å². The largest absolute Gasteiger partial charge is 0.311 e. The molecule has 1 amide bonds.